The summed E-state index contributed by atoms with van der Waals surface area (Å²) in [6.07, 6.45) is 3.54. The quantitative estimate of drug-likeness (QED) is 0.387. The van der Waals surface area contributed by atoms with Gasteiger partial charge in [-0.2, -0.15) is 0 Å². The van der Waals surface area contributed by atoms with Crippen LogP contribution in [0.5, 0.6) is 0 Å². The molecule has 0 amide bonds. The Bertz CT molecular complexity index is 160. The average molecular weight is 249 g/mol. The molecule has 3 heteroatoms. The molecule has 0 saturated carbocycles. The summed E-state index contributed by atoms with van der Waals surface area (Å²) >= 11 is 0. The fraction of sp³-hybridized carbons (Fsp3) is 0.727. The van der Waals surface area contributed by atoms with E-state index in [0.29, 0.717) is 0 Å². The first-order valence-corrected chi connectivity index (χ1v) is 4.30. The smallest absolute Gasteiger partial charge is 0.0524 e. The number of hydrogen-bond acceptors (Lipinski definition) is 2. The molecule has 0 aliphatic carbocycles. The van der Waals surface area contributed by atoms with E-state index < -0.39 is 0 Å². The topological polar surface area (TPSA) is 24.7 Å². The van der Waals surface area contributed by atoms with Crippen LogP contribution in [0.3, 0.4) is 0 Å². The standard InChI is InChI=1S/C10H20N2.CH3.Zn/c1-9(2,3)11-7-8-12-10(4,5)6;;/h7-8H,1-6H3;1H3;/q;-1;. The molecule has 0 fully saturated rings. The van der Waals surface area contributed by atoms with Crippen LogP contribution in [-0.2, 0) is 19.5 Å². The fourth-order valence-corrected chi connectivity index (χ4v) is 0.514. The molecule has 0 radical (unpaired) electrons. The van der Waals surface area contributed by atoms with Gasteiger partial charge in [-0.15, -0.1) is 0 Å². The van der Waals surface area contributed by atoms with Gasteiger partial charge in [-0.1, -0.05) is 0 Å². The molecule has 0 aliphatic rings. The average Bonchev–Trinajstić information content (AvgIpc) is 1.76. The summed E-state index contributed by atoms with van der Waals surface area (Å²) in [5, 5.41) is 0. The summed E-state index contributed by atoms with van der Waals surface area (Å²) in [4.78, 5) is 8.57. The van der Waals surface area contributed by atoms with Crippen LogP contribution < -0.4 is 0 Å². The molecule has 0 aromatic carbocycles. The van der Waals surface area contributed by atoms with Crippen molar-refractivity contribution in [2.45, 2.75) is 52.6 Å². The van der Waals surface area contributed by atoms with E-state index in [2.05, 4.69) is 51.5 Å². The van der Waals surface area contributed by atoms with Crippen LogP contribution in [0.15, 0.2) is 9.98 Å². The summed E-state index contributed by atoms with van der Waals surface area (Å²) in [6, 6.07) is 0. The van der Waals surface area contributed by atoms with Crippen molar-refractivity contribution < 1.29 is 19.5 Å². The normalized spacial score (nSPS) is 12.7. The minimum Gasteiger partial charge on any atom is -0.358 e. The molecule has 0 saturated heterocycles. The van der Waals surface area contributed by atoms with Crippen molar-refractivity contribution in [3.63, 3.8) is 0 Å². The van der Waals surface area contributed by atoms with Crippen molar-refractivity contribution in [1.82, 2.24) is 0 Å². The molecule has 80 valence electrons. The summed E-state index contributed by atoms with van der Waals surface area (Å²) in [5.74, 6) is 0. The second-order valence-corrected chi connectivity index (χ2v) is 4.90. The third-order valence-corrected chi connectivity index (χ3v) is 0.990. The Labute approximate surface area is 102 Å². The number of hydrogen-bond donors (Lipinski definition) is 0. The van der Waals surface area contributed by atoms with Gasteiger partial charge in [0.15, 0.2) is 0 Å². The Balaban J connectivity index is -0.000000605. The van der Waals surface area contributed by atoms with E-state index in [-0.39, 0.29) is 38.0 Å². The molecule has 0 aromatic heterocycles. The summed E-state index contributed by atoms with van der Waals surface area (Å²) in [6.45, 7) is 12.4. The molecule has 0 rings (SSSR count). The van der Waals surface area contributed by atoms with Gasteiger partial charge in [0.25, 0.3) is 0 Å². The molecule has 0 spiro atoms. The third kappa shape index (κ3) is 17.9. The van der Waals surface area contributed by atoms with Crippen molar-refractivity contribution in [3.05, 3.63) is 7.43 Å². The molecule has 2 nitrogen and oxygen atoms in total. The van der Waals surface area contributed by atoms with E-state index in [4.69, 9.17) is 0 Å². The van der Waals surface area contributed by atoms with Gasteiger partial charge >= 0.3 is 0 Å². The van der Waals surface area contributed by atoms with Crippen LogP contribution >= 0.6 is 0 Å². The van der Waals surface area contributed by atoms with Gasteiger partial charge in [-0.05, 0) is 41.5 Å². The van der Waals surface area contributed by atoms with E-state index in [1.54, 1.807) is 12.4 Å². The molecule has 0 N–H and O–H groups in total. The first kappa shape index (κ1) is 19.5. The van der Waals surface area contributed by atoms with Crippen LogP contribution in [0, 0.1) is 7.43 Å². The minimum absolute atomic E-state index is 0. The zero-order chi connectivity index (χ0) is 9.83. The number of rotatable bonds is 1. The summed E-state index contributed by atoms with van der Waals surface area (Å²) in [7, 11) is 0. The monoisotopic (exact) mass is 247 g/mol. The molecule has 0 heterocycles. The van der Waals surface area contributed by atoms with Crippen molar-refractivity contribution in [1.29, 1.82) is 0 Å². The van der Waals surface area contributed by atoms with Crippen molar-refractivity contribution in [2.24, 2.45) is 9.98 Å². The van der Waals surface area contributed by atoms with Crippen molar-refractivity contribution in [2.75, 3.05) is 0 Å². The van der Waals surface area contributed by atoms with Gasteiger partial charge in [0.05, 0.1) is 11.1 Å². The van der Waals surface area contributed by atoms with E-state index in [0.717, 1.165) is 0 Å². The van der Waals surface area contributed by atoms with E-state index in [1.165, 1.54) is 0 Å². The van der Waals surface area contributed by atoms with Gasteiger partial charge in [-0.25, -0.2) is 0 Å². The Morgan fingerprint density at radius 3 is 1.07 bits per heavy atom. The molecular weight excluding hydrogens is 226 g/mol. The Hall–Kier alpha value is -0.0366. The number of nitrogens with zero attached hydrogens (tertiary/aromatic N) is 2. The van der Waals surface area contributed by atoms with Crippen LogP contribution in [0.4, 0.5) is 0 Å². The second kappa shape index (κ2) is 7.28. The van der Waals surface area contributed by atoms with Crippen LogP contribution in [-0.4, -0.2) is 23.5 Å². The van der Waals surface area contributed by atoms with Crippen molar-refractivity contribution in [3.8, 4) is 0 Å². The molecule has 14 heavy (non-hydrogen) atoms. The zero-order valence-corrected chi connectivity index (χ0v) is 13.7. The van der Waals surface area contributed by atoms with E-state index >= 15 is 0 Å². The molecular formula is C11H23N2Zn-. The first-order valence-electron chi connectivity index (χ1n) is 4.30. The Kier molecular flexibility index (Phi) is 10.2. The van der Waals surface area contributed by atoms with Crippen LogP contribution in [0.2, 0.25) is 0 Å². The third-order valence-electron chi connectivity index (χ3n) is 0.990. The van der Waals surface area contributed by atoms with E-state index in [9.17, 15) is 0 Å². The predicted molar refractivity (Wildman–Crippen MR) is 62.9 cm³/mol. The van der Waals surface area contributed by atoms with Crippen LogP contribution in [0.25, 0.3) is 0 Å². The van der Waals surface area contributed by atoms with E-state index in [1.807, 2.05) is 0 Å². The van der Waals surface area contributed by atoms with Crippen molar-refractivity contribution >= 4 is 12.4 Å². The Morgan fingerprint density at radius 1 is 0.714 bits per heavy atom. The maximum atomic E-state index is 4.29. The van der Waals surface area contributed by atoms with Gasteiger partial charge in [0, 0.05) is 31.9 Å². The summed E-state index contributed by atoms with van der Waals surface area (Å²) in [5.41, 5.74) is 0.00775. The first-order chi connectivity index (χ1) is 5.21. The molecule has 0 bridgehead atoms. The van der Waals surface area contributed by atoms with Gasteiger partial charge in [0.1, 0.15) is 0 Å². The maximum absolute atomic E-state index is 4.29. The predicted octanol–water partition coefficient (Wildman–Crippen LogP) is 3.17. The Morgan fingerprint density at radius 2 is 0.929 bits per heavy atom. The molecule has 0 unspecified atom stereocenters. The van der Waals surface area contributed by atoms with Gasteiger partial charge < -0.3 is 7.43 Å². The SMILES string of the molecule is CC(C)(C)N=CC=NC(C)(C)C.[CH3-].[Zn]. The molecule has 0 atom stereocenters. The van der Waals surface area contributed by atoms with Gasteiger partial charge in [0.2, 0.25) is 0 Å². The summed E-state index contributed by atoms with van der Waals surface area (Å²) < 4.78 is 0. The second-order valence-electron chi connectivity index (χ2n) is 4.90. The fourth-order valence-electron chi connectivity index (χ4n) is 0.514. The van der Waals surface area contributed by atoms with Gasteiger partial charge in [-0.3, -0.25) is 9.98 Å². The van der Waals surface area contributed by atoms with Crippen LogP contribution in [0.1, 0.15) is 41.5 Å². The minimum atomic E-state index is 0. The maximum Gasteiger partial charge on any atom is 0.0524 e. The zero-order valence-electron chi connectivity index (χ0n) is 10.8. The molecule has 0 aliphatic heterocycles. The largest absolute Gasteiger partial charge is 0.358 e. The molecule has 0 aromatic rings. The number of aliphatic imine (C=N–C) groups is 2.